The zero-order valence-electron chi connectivity index (χ0n) is 26.5. The lowest BCUT2D eigenvalue weighted by atomic mass is 9.88. The van der Waals surface area contributed by atoms with Crippen LogP contribution in [-0.2, 0) is 21.8 Å². The van der Waals surface area contributed by atoms with Crippen molar-refractivity contribution in [2.24, 2.45) is 0 Å². The maximum atomic E-state index is 12.5. The Balaban J connectivity index is 1.90. The molecule has 1 aliphatic rings. The Morgan fingerprint density at radius 2 is 1.73 bits per heavy atom. The second-order valence-corrected chi connectivity index (χ2v) is 13.8. The number of carbonyl (C=O) groups is 1. The Labute approximate surface area is 268 Å². The molecule has 1 aliphatic heterocycles. The van der Waals surface area contributed by atoms with E-state index < -0.39 is 16.3 Å². The first-order chi connectivity index (χ1) is 21.2. The second-order valence-electron chi connectivity index (χ2n) is 10.9. The van der Waals surface area contributed by atoms with E-state index in [9.17, 15) is 13.9 Å². The minimum absolute atomic E-state index is 0.194. The van der Waals surface area contributed by atoms with Crippen LogP contribution in [0.25, 0.3) is 0 Å². The number of hydrogen-bond acceptors (Lipinski definition) is 9. The third kappa shape index (κ3) is 7.49. The predicted molar refractivity (Wildman–Crippen MR) is 181 cm³/mol. The Bertz CT molecular complexity index is 1370. The van der Waals surface area contributed by atoms with Gasteiger partial charge in [0, 0.05) is 36.2 Å². The molecule has 44 heavy (non-hydrogen) atoms. The number of methoxy groups -OCH3 is 2. The third-order valence-corrected chi connectivity index (χ3v) is 11.2. The molecule has 1 unspecified atom stereocenters. The van der Waals surface area contributed by atoms with Gasteiger partial charge in [-0.15, -0.1) is 22.5 Å². The zero-order valence-corrected chi connectivity index (χ0v) is 28.1. The largest absolute Gasteiger partial charge is 0.497 e. The molecule has 1 heterocycles. The van der Waals surface area contributed by atoms with Crippen molar-refractivity contribution >= 4 is 39.9 Å². The third-order valence-electron chi connectivity index (χ3n) is 8.23. The van der Waals surface area contributed by atoms with E-state index in [2.05, 4.69) is 30.9 Å². The van der Waals surface area contributed by atoms with Crippen molar-refractivity contribution in [3.8, 4) is 11.5 Å². The van der Waals surface area contributed by atoms with Gasteiger partial charge < -0.3 is 19.1 Å². The molecule has 0 aliphatic carbocycles. The summed E-state index contributed by atoms with van der Waals surface area (Å²) in [6, 6.07) is 21.7. The normalized spacial score (nSPS) is 18.7. The van der Waals surface area contributed by atoms with Crippen molar-refractivity contribution in [3.05, 3.63) is 77.9 Å². The van der Waals surface area contributed by atoms with Crippen molar-refractivity contribution in [2.45, 2.75) is 69.2 Å². The number of para-hydroxylation sites is 1. The topological polar surface area (TPSA) is 91.7 Å². The fourth-order valence-electron chi connectivity index (χ4n) is 5.79. The van der Waals surface area contributed by atoms with Gasteiger partial charge in [-0.2, -0.15) is 4.31 Å². The Hall–Kier alpha value is -2.89. The highest BCUT2D eigenvalue weighted by Gasteiger charge is 2.48. The summed E-state index contributed by atoms with van der Waals surface area (Å²) in [7, 11) is -0.258. The number of benzene rings is 3. The first kappa shape index (κ1) is 34.0. The van der Waals surface area contributed by atoms with Crippen molar-refractivity contribution in [1.29, 1.82) is 0 Å². The fourth-order valence-corrected chi connectivity index (χ4v) is 8.72. The van der Waals surface area contributed by atoms with Crippen LogP contribution in [0.2, 0.25) is 0 Å². The highest BCUT2D eigenvalue weighted by Crippen LogP contribution is 2.63. The van der Waals surface area contributed by atoms with Crippen LogP contribution in [0, 0.1) is 0 Å². The quantitative estimate of drug-likeness (QED) is 0.168. The van der Waals surface area contributed by atoms with Gasteiger partial charge in [-0.05, 0) is 55.7 Å². The van der Waals surface area contributed by atoms with Crippen LogP contribution in [0.4, 0.5) is 11.4 Å². The van der Waals surface area contributed by atoms with E-state index in [1.807, 2.05) is 58.9 Å². The Kier molecular flexibility index (Phi) is 11.9. The molecule has 0 fully saturated rings. The van der Waals surface area contributed by atoms with Gasteiger partial charge in [0.2, 0.25) is 0 Å². The number of thioether (sulfide) groups is 1. The van der Waals surface area contributed by atoms with Gasteiger partial charge in [0.15, 0.2) is 0 Å². The molecule has 0 saturated carbocycles. The summed E-state index contributed by atoms with van der Waals surface area (Å²) in [5, 5.41) is 0. The molecule has 0 amide bonds. The average Bonchev–Trinajstić information content (AvgIpc) is 3.11. The number of carbonyl (C=O) groups excluding carboxylic acids is 1. The molecule has 0 spiro atoms. The highest BCUT2D eigenvalue weighted by atomic mass is 32.3. The average molecular weight is 643 g/mol. The summed E-state index contributed by atoms with van der Waals surface area (Å²) in [6.07, 6.45) is 3.45. The standard InChI is InChI=1S/C34H46N2O6S2/c1-6-9-19-34(7-2)25-35(28-13-11-10-12-14-28)30-21-31(41-5)27(23-43-24-33(37)42-8-3)20-32(30)44(38,39)36(34)22-26-15-17-29(40-4)18-16-26/h10-18,20-21,38-39H,6-9,19,22-25H2,1-5H3. The summed E-state index contributed by atoms with van der Waals surface area (Å²) >= 11 is 1.41. The molecule has 0 saturated heterocycles. The molecule has 4 rings (SSSR count). The van der Waals surface area contributed by atoms with Crippen LogP contribution in [0.5, 0.6) is 11.5 Å². The number of unbranched alkanes of at least 4 members (excludes halogenated alkanes) is 1. The van der Waals surface area contributed by atoms with Gasteiger partial charge in [0.1, 0.15) is 11.5 Å². The number of rotatable bonds is 14. The Morgan fingerprint density at radius 3 is 2.34 bits per heavy atom. The van der Waals surface area contributed by atoms with Crippen LogP contribution < -0.4 is 14.4 Å². The summed E-state index contributed by atoms with van der Waals surface area (Å²) in [5.74, 6) is 1.75. The molecule has 0 bridgehead atoms. The maximum absolute atomic E-state index is 12.5. The minimum atomic E-state index is -3.52. The van der Waals surface area contributed by atoms with Gasteiger partial charge in [0.25, 0.3) is 0 Å². The minimum Gasteiger partial charge on any atom is -0.497 e. The van der Waals surface area contributed by atoms with E-state index in [1.54, 1.807) is 21.1 Å². The monoisotopic (exact) mass is 642 g/mol. The molecule has 0 aromatic heterocycles. The van der Waals surface area contributed by atoms with Crippen LogP contribution >= 0.6 is 22.5 Å². The van der Waals surface area contributed by atoms with E-state index in [0.717, 1.165) is 48.2 Å². The van der Waals surface area contributed by atoms with Crippen molar-refractivity contribution in [3.63, 3.8) is 0 Å². The summed E-state index contributed by atoms with van der Waals surface area (Å²) in [4.78, 5) is 14.7. The number of ether oxygens (including phenoxy) is 3. The lowest BCUT2D eigenvalue weighted by molar-refractivity contribution is -0.139. The van der Waals surface area contributed by atoms with E-state index in [0.29, 0.717) is 41.8 Å². The van der Waals surface area contributed by atoms with Crippen LogP contribution in [0.1, 0.15) is 57.6 Å². The molecule has 1 atom stereocenters. The number of esters is 1. The lowest BCUT2D eigenvalue weighted by Crippen LogP contribution is -2.53. The SMILES string of the molecule is CCCCC1(CC)CN(c2ccccc2)c2cc(OC)c(CSCC(=O)OCC)cc2S(O)(O)N1Cc1ccc(OC)cc1. The predicted octanol–water partition coefficient (Wildman–Crippen LogP) is 8.52. The second kappa shape index (κ2) is 15.4. The molecule has 8 nitrogen and oxygen atoms in total. The molecule has 3 aromatic carbocycles. The molecule has 240 valence electrons. The fraction of sp³-hybridized carbons (Fsp3) is 0.441. The first-order valence-electron chi connectivity index (χ1n) is 15.2. The van der Waals surface area contributed by atoms with E-state index in [4.69, 9.17) is 14.2 Å². The van der Waals surface area contributed by atoms with Gasteiger partial charge in [-0.25, -0.2) is 0 Å². The maximum Gasteiger partial charge on any atom is 0.315 e. The molecule has 10 heteroatoms. The van der Waals surface area contributed by atoms with Crippen molar-refractivity contribution in [1.82, 2.24) is 4.31 Å². The number of anilines is 2. The highest BCUT2D eigenvalue weighted by molar-refractivity contribution is 8.22. The molecular weight excluding hydrogens is 597 g/mol. The molecule has 3 aromatic rings. The van der Waals surface area contributed by atoms with E-state index >= 15 is 0 Å². The summed E-state index contributed by atoms with van der Waals surface area (Å²) in [6.45, 7) is 7.34. The molecule has 2 N–H and O–H groups in total. The van der Waals surface area contributed by atoms with Crippen LogP contribution in [0.3, 0.4) is 0 Å². The van der Waals surface area contributed by atoms with Gasteiger partial charge in [-0.3, -0.25) is 13.9 Å². The first-order valence-corrected chi connectivity index (χ1v) is 17.8. The van der Waals surface area contributed by atoms with Crippen molar-refractivity contribution in [2.75, 3.05) is 38.0 Å². The van der Waals surface area contributed by atoms with Crippen molar-refractivity contribution < 1.29 is 28.1 Å². The number of hydrogen-bond donors (Lipinski definition) is 2. The molecular formula is C34H46N2O6S2. The van der Waals surface area contributed by atoms with Gasteiger partial charge >= 0.3 is 5.97 Å². The van der Waals surface area contributed by atoms with Gasteiger partial charge in [0.05, 0.1) is 42.7 Å². The smallest absolute Gasteiger partial charge is 0.315 e. The summed E-state index contributed by atoms with van der Waals surface area (Å²) in [5.41, 5.74) is 2.87. The van der Waals surface area contributed by atoms with E-state index in [1.165, 1.54) is 11.8 Å². The van der Waals surface area contributed by atoms with Crippen LogP contribution in [-0.4, -0.2) is 58.0 Å². The molecule has 0 radical (unpaired) electrons. The van der Waals surface area contributed by atoms with Crippen LogP contribution in [0.15, 0.2) is 71.6 Å². The van der Waals surface area contributed by atoms with E-state index in [-0.39, 0.29) is 11.7 Å². The number of nitrogens with zero attached hydrogens (tertiary/aromatic N) is 2. The number of fused-ring (bicyclic) bond motifs is 1. The Morgan fingerprint density at radius 1 is 1.00 bits per heavy atom. The lowest BCUT2D eigenvalue weighted by Gasteiger charge is -2.52. The van der Waals surface area contributed by atoms with Gasteiger partial charge in [-0.1, -0.05) is 57.0 Å². The zero-order chi connectivity index (χ0) is 31.7. The summed E-state index contributed by atoms with van der Waals surface area (Å²) < 4.78 is 43.4.